The molecule has 24 heavy (non-hydrogen) atoms. The molecule has 132 valence electrons. The molecule has 0 spiro atoms. The first-order valence-electron chi connectivity index (χ1n) is 10.1. The predicted octanol–water partition coefficient (Wildman–Crippen LogP) is 3.90. The number of nitrogens with zero attached hydrogens (tertiary/aromatic N) is 2. The second-order valence-corrected chi connectivity index (χ2v) is 6.68. The number of aromatic nitrogens is 2. The first-order chi connectivity index (χ1) is 13.2. The maximum Gasteiger partial charge on any atom is 0.212 e. The Bertz CT molecular complexity index is 847. The van der Waals surface area contributed by atoms with Gasteiger partial charge < -0.3 is 10.1 Å². The van der Waals surface area contributed by atoms with Gasteiger partial charge in [0.1, 0.15) is 18.2 Å². The molecule has 0 aliphatic rings. The van der Waals surface area contributed by atoms with Gasteiger partial charge in [-0.25, -0.2) is 13.5 Å². The van der Waals surface area contributed by atoms with E-state index in [0.29, 0.717) is 13.0 Å². The van der Waals surface area contributed by atoms with E-state index in [4.69, 9.17) is 11.6 Å². The molecule has 0 amide bonds. The van der Waals surface area contributed by atoms with Crippen molar-refractivity contribution < 1.29 is 20.4 Å². The number of halogens is 2. The zero-order chi connectivity index (χ0) is 22.0. The number of rotatable bonds is 7. The summed E-state index contributed by atoms with van der Waals surface area (Å²) >= 11 is 0. The maximum atomic E-state index is 13.9. The van der Waals surface area contributed by atoms with Crippen LogP contribution in [0, 0.1) is 17.0 Å². The minimum atomic E-state index is -2.72. The molecular formula is C18H25F2N3O. The molecule has 0 saturated heterocycles. The molecule has 0 fully saturated rings. The first-order valence-corrected chi connectivity index (χ1v) is 7.61. The lowest BCUT2D eigenvalue weighted by molar-refractivity contribution is 0.254. The molecule has 1 aromatic heterocycles. The van der Waals surface area contributed by atoms with Crippen LogP contribution in [0.4, 0.5) is 8.78 Å². The van der Waals surface area contributed by atoms with Crippen LogP contribution in [-0.4, -0.2) is 16.8 Å². The Morgan fingerprint density at radius 2 is 2.12 bits per heavy atom. The van der Waals surface area contributed by atoms with Crippen molar-refractivity contribution in [2.45, 2.75) is 46.8 Å². The summed E-state index contributed by atoms with van der Waals surface area (Å²) in [4.78, 5) is 0. The quantitative estimate of drug-likeness (QED) is 0.829. The highest BCUT2D eigenvalue weighted by atomic mass is 19.1. The Kier molecular flexibility index (Phi) is 4.01. The molecule has 0 unspecified atom stereocenters. The average Bonchev–Trinajstić information content (AvgIpc) is 2.95. The van der Waals surface area contributed by atoms with Crippen molar-refractivity contribution in [2.75, 3.05) is 6.98 Å². The summed E-state index contributed by atoms with van der Waals surface area (Å²) in [5, 5.41) is 6.07. The molecule has 2 rings (SSSR count). The fraction of sp³-hybridized carbons (Fsp3) is 0.500. The molecule has 0 bridgehead atoms. The van der Waals surface area contributed by atoms with Crippen LogP contribution in [0.1, 0.15) is 45.3 Å². The fourth-order valence-electron chi connectivity index (χ4n) is 2.05. The standard InChI is InChI=1S/C18H25F2N3O/c1-18(2,3)7-8-23-17(10-15(22-23)11-21-4)24-12-13-9-14(19)5-6-16(13)20/h5-6,9-10,21H,7-8,11-12H2,1-4H3/i4D3,11D2. The van der Waals surface area contributed by atoms with Crippen molar-refractivity contribution in [3.63, 3.8) is 0 Å². The summed E-state index contributed by atoms with van der Waals surface area (Å²) in [6.07, 6.45) is 0.675. The van der Waals surface area contributed by atoms with Crippen LogP contribution >= 0.6 is 0 Å². The van der Waals surface area contributed by atoms with E-state index < -0.39 is 25.1 Å². The number of hydrogen-bond donors (Lipinski definition) is 1. The van der Waals surface area contributed by atoms with E-state index in [1.54, 1.807) is 0 Å². The molecule has 0 atom stereocenters. The minimum Gasteiger partial charge on any atom is -0.473 e. The van der Waals surface area contributed by atoms with Crippen molar-refractivity contribution in [3.05, 3.63) is 47.2 Å². The number of aryl methyl sites for hydroxylation is 1. The number of nitrogens with one attached hydrogen (secondary N) is 1. The van der Waals surface area contributed by atoms with Gasteiger partial charge in [0.15, 0.2) is 0 Å². The number of benzene rings is 1. The van der Waals surface area contributed by atoms with Gasteiger partial charge in [-0.2, -0.15) is 5.10 Å². The van der Waals surface area contributed by atoms with Crippen LogP contribution in [0.5, 0.6) is 5.88 Å². The molecule has 0 radical (unpaired) electrons. The molecule has 2 aromatic rings. The summed E-state index contributed by atoms with van der Waals surface area (Å²) < 4.78 is 71.9. The third kappa shape index (κ3) is 5.30. The van der Waals surface area contributed by atoms with Crippen molar-refractivity contribution in [1.82, 2.24) is 15.1 Å². The molecule has 6 heteroatoms. The zero-order valence-corrected chi connectivity index (χ0v) is 14.0. The van der Waals surface area contributed by atoms with Crippen LogP contribution in [0.3, 0.4) is 0 Å². The summed E-state index contributed by atoms with van der Waals surface area (Å²) in [5.74, 6) is -1.11. The van der Waals surface area contributed by atoms with E-state index in [0.717, 1.165) is 18.2 Å². The number of ether oxygens (including phenoxy) is 1. The van der Waals surface area contributed by atoms with E-state index in [2.05, 4.69) is 5.10 Å². The van der Waals surface area contributed by atoms with Crippen LogP contribution in [0.2, 0.25) is 0 Å². The monoisotopic (exact) mass is 342 g/mol. The SMILES string of the molecule is [2H]C([2H])([2H])NC([2H])([2H])c1cc(OCc2cc(F)ccc2F)n(CCC(C)(C)C)n1. The lowest BCUT2D eigenvalue weighted by Gasteiger charge is -2.18. The normalized spacial score (nSPS) is 16.0. The van der Waals surface area contributed by atoms with Gasteiger partial charge >= 0.3 is 0 Å². The van der Waals surface area contributed by atoms with Crippen LogP contribution in [0.15, 0.2) is 24.3 Å². The Morgan fingerprint density at radius 3 is 2.83 bits per heavy atom. The minimum absolute atomic E-state index is 0.00116. The highest BCUT2D eigenvalue weighted by Crippen LogP contribution is 2.23. The van der Waals surface area contributed by atoms with Gasteiger partial charge in [0.05, 0.1) is 5.69 Å². The highest BCUT2D eigenvalue weighted by molar-refractivity contribution is 5.20. The van der Waals surface area contributed by atoms with Crippen LogP contribution in [-0.2, 0) is 19.6 Å². The van der Waals surface area contributed by atoms with E-state index in [1.807, 2.05) is 26.1 Å². The Morgan fingerprint density at radius 1 is 1.33 bits per heavy atom. The predicted molar refractivity (Wildman–Crippen MR) is 89.8 cm³/mol. The molecule has 4 nitrogen and oxygen atoms in total. The smallest absolute Gasteiger partial charge is 0.212 e. The van der Waals surface area contributed by atoms with Crippen LogP contribution < -0.4 is 10.1 Å². The first kappa shape index (κ1) is 12.4. The molecule has 0 aliphatic heterocycles. The lowest BCUT2D eigenvalue weighted by atomic mass is 9.92. The average molecular weight is 342 g/mol. The van der Waals surface area contributed by atoms with Crippen molar-refractivity contribution in [1.29, 1.82) is 0 Å². The zero-order valence-electron chi connectivity index (χ0n) is 19.0. The van der Waals surface area contributed by atoms with Crippen molar-refractivity contribution >= 4 is 0 Å². The van der Waals surface area contributed by atoms with Crippen molar-refractivity contribution in [3.8, 4) is 5.88 Å². The van der Waals surface area contributed by atoms with Gasteiger partial charge in [-0.15, -0.1) is 0 Å². The van der Waals surface area contributed by atoms with E-state index in [9.17, 15) is 8.78 Å². The van der Waals surface area contributed by atoms with Gasteiger partial charge in [0, 0.05) is 31.5 Å². The summed E-state index contributed by atoms with van der Waals surface area (Å²) in [6.45, 7) is 0.986. The van der Waals surface area contributed by atoms with Crippen molar-refractivity contribution in [2.24, 2.45) is 5.41 Å². The lowest BCUT2D eigenvalue weighted by Crippen LogP contribution is -2.13. The largest absolute Gasteiger partial charge is 0.473 e. The molecule has 0 saturated carbocycles. The molecular weight excluding hydrogens is 312 g/mol. The maximum absolute atomic E-state index is 13.9. The molecule has 1 aromatic carbocycles. The summed E-state index contributed by atoms with van der Waals surface area (Å²) in [6, 6.07) is 4.27. The Balaban J connectivity index is 2.30. The van der Waals surface area contributed by atoms with Gasteiger partial charge in [0.25, 0.3) is 0 Å². The Hall–Kier alpha value is -1.95. The van der Waals surface area contributed by atoms with Crippen LogP contribution in [0.25, 0.3) is 0 Å². The van der Waals surface area contributed by atoms with Gasteiger partial charge in [0.2, 0.25) is 5.88 Å². The second kappa shape index (κ2) is 7.75. The van der Waals surface area contributed by atoms with Gasteiger partial charge in [-0.1, -0.05) is 20.8 Å². The van der Waals surface area contributed by atoms with E-state index in [1.165, 1.54) is 10.7 Å². The molecule has 1 N–H and O–H groups in total. The summed E-state index contributed by atoms with van der Waals surface area (Å²) in [7, 11) is 0. The van der Waals surface area contributed by atoms with E-state index in [-0.39, 0.29) is 29.2 Å². The third-order valence-corrected chi connectivity index (χ3v) is 3.39. The highest BCUT2D eigenvalue weighted by Gasteiger charge is 2.15. The third-order valence-electron chi connectivity index (χ3n) is 3.39. The van der Waals surface area contributed by atoms with Gasteiger partial charge in [-0.3, -0.25) is 0 Å². The molecule has 0 aliphatic carbocycles. The van der Waals surface area contributed by atoms with E-state index >= 15 is 0 Å². The fourth-order valence-corrected chi connectivity index (χ4v) is 2.05. The topological polar surface area (TPSA) is 39.1 Å². The Labute approximate surface area is 148 Å². The second-order valence-electron chi connectivity index (χ2n) is 6.68. The summed E-state index contributed by atoms with van der Waals surface area (Å²) in [5.41, 5.74) is -0.232. The van der Waals surface area contributed by atoms with Gasteiger partial charge in [-0.05, 0) is 37.0 Å². The number of hydrogen-bond acceptors (Lipinski definition) is 3. The molecule has 1 heterocycles.